The number of nitrogens with zero attached hydrogens (tertiary/aromatic N) is 1. The predicted molar refractivity (Wildman–Crippen MR) is 69.1 cm³/mol. The van der Waals surface area contributed by atoms with Crippen molar-refractivity contribution in [2.24, 2.45) is 5.41 Å². The fourth-order valence-corrected chi connectivity index (χ4v) is 1.35. The van der Waals surface area contributed by atoms with E-state index < -0.39 is 17.6 Å². The van der Waals surface area contributed by atoms with Crippen LogP contribution in [-0.4, -0.2) is 22.8 Å². The highest BCUT2D eigenvalue weighted by Gasteiger charge is 2.31. The molecule has 1 heterocycles. The Morgan fingerprint density at radius 2 is 2.00 bits per heavy atom. The molecule has 0 aliphatic carbocycles. The number of pyridine rings is 1. The second kappa shape index (κ2) is 5.90. The van der Waals surface area contributed by atoms with Crippen molar-refractivity contribution < 1.29 is 18.0 Å². The van der Waals surface area contributed by atoms with Crippen molar-refractivity contribution in [1.29, 1.82) is 0 Å². The minimum atomic E-state index is -4.44. The van der Waals surface area contributed by atoms with Crippen molar-refractivity contribution in [1.82, 2.24) is 10.3 Å². The maximum Gasteiger partial charge on any atom is 0.417 e. The molecule has 0 aromatic carbocycles. The first-order chi connectivity index (χ1) is 8.65. The van der Waals surface area contributed by atoms with Gasteiger partial charge in [0.05, 0.1) is 5.56 Å². The summed E-state index contributed by atoms with van der Waals surface area (Å²) in [4.78, 5) is 15.2. The molecule has 106 valence electrons. The van der Waals surface area contributed by atoms with Crippen molar-refractivity contribution in [3.63, 3.8) is 0 Å². The van der Waals surface area contributed by atoms with Gasteiger partial charge in [-0.2, -0.15) is 13.2 Å². The van der Waals surface area contributed by atoms with Gasteiger partial charge in [-0.1, -0.05) is 29.8 Å². The Hall–Kier alpha value is -1.11. The summed E-state index contributed by atoms with van der Waals surface area (Å²) in [6.45, 7) is 4.30. The van der Waals surface area contributed by atoms with E-state index in [2.05, 4.69) is 26.2 Å². The molecule has 0 aliphatic heterocycles. The van der Waals surface area contributed by atoms with Crippen LogP contribution in [0.4, 0.5) is 13.2 Å². The number of amides is 1. The third-order valence-corrected chi connectivity index (χ3v) is 3.93. The summed E-state index contributed by atoms with van der Waals surface area (Å²) in [5.74, 6) is -0.484. The van der Waals surface area contributed by atoms with Crippen LogP contribution in [0.2, 0.25) is 0 Å². The quantitative estimate of drug-likeness (QED) is 0.856. The molecule has 1 amide bonds. The minimum Gasteiger partial charge on any atom is -0.350 e. The highest BCUT2D eigenvalue weighted by molar-refractivity contribution is 9.09. The van der Waals surface area contributed by atoms with Crippen LogP contribution >= 0.6 is 15.9 Å². The average molecular weight is 339 g/mol. The van der Waals surface area contributed by atoms with Gasteiger partial charge in [0.15, 0.2) is 0 Å². The SMILES string of the molecule is CC(C)(CBr)CNC(=O)c1ccc(C(F)(F)F)cn1. The van der Waals surface area contributed by atoms with E-state index in [-0.39, 0.29) is 11.1 Å². The zero-order valence-corrected chi connectivity index (χ0v) is 12.1. The van der Waals surface area contributed by atoms with Crippen LogP contribution in [0.1, 0.15) is 29.9 Å². The third-order valence-electron chi connectivity index (χ3n) is 2.41. The van der Waals surface area contributed by atoms with Gasteiger partial charge in [-0.25, -0.2) is 0 Å². The molecule has 1 aromatic heterocycles. The summed E-state index contributed by atoms with van der Waals surface area (Å²) in [5.41, 5.74) is -1.04. The fraction of sp³-hybridized carbons (Fsp3) is 0.500. The lowest BCUT2D eigenvalue weighted by Crippen LogP contribution is -2.35. The smallest absolute Gasteiger partial charge is 0.350 e. The molecule has 0 unspecified atom stereocenters. The van der Waals surface area contributed by atoms with Gasteiger partial charge in [-0.15, -0.1) is 0 Å². The van der Waals surface area contributed by atoms with E-state index in [9.17, 15) is 18.0 Å². The maximum atomic E-state index is 12.3. The van der Waals surface area contributed by atoms with E-state index in [0.29, 0.717) is 18.1 Å². The number of hydrogen-bond donors (Lipinski definition) is 1. The van der Waals surface area contributed by atoms with Crippen LogP contribution < -0.4 is 5.32 Å². The normalized spacial score (nSPS) is 12.3. The molecule has 0 aliphatic rings. The van der Waals surface area contributed by atoms with Gasteiger partial charge in [0.2, 0.25) is 0 Å². The number of alkyl halides is 4. The Balaban J connectivity index is 2.69. The van der Waals surface area contributed by atoms with E-state index in [1.807, 2.05) is 13.8 Å². The molecular weight excluding hydrogens is 325 g/mol. The third kappa shape index (κ3) is 4.81. The van der Waals surface area contributed by atoms with Crippen LogP contribution in [0.5, 0.6) is 0 Å². The molecule has 19 heavy (non-hydrogen) atoms. The molecule has 1 N–H and O–H groups in total. The number of rotatable bonds is 4. The monoisotopic (exact) mass is 338 g/mol. The number of carbonyl (C=O) groups excluding carboxylic acids is 1. The van der Waals surface area contributed by atoms with E-state index in [1.54, 1.807) is 0 Å². The molecule has 0 bridgehead atoms. The summed E-state index contributed by atoms with van der Waals surface area (Å²) >= 11 is 3.32. The predicted octanol–water partition coefficient (Wildman–Crippen LogP) is 3.25. The number of nitrogens with one attached hydrogen (secondary N) is 1. The summed E-state index contributed by atoms with van der Waals surface area (Å²) in [6.07, 6.45) is -3.79. The molecular formula is C12H14BrF3N2O. The Labute approximate surface area is 117 Å². The van der Waals surface area contributed by atoms with Crippen LogP contribution in [0.15, 0.2) is 18.3 Å². The lowest BCUT2D eigenvalue weighted by molar-refractivity contribution is -0.137. The maximum absolute atomic E-state index is 12.3. The molecule has 1 rings (SSSR count). The van der Waals surface area contributed by atoms with Gasteiger partial charge in [0.25, 0.3) is 5.91 Å². The Kier molecular flexibility index (Phi) is 4.95. The van der Waals surface area contributed by atoms with Gasteiger partial charge in [0, 0.05) is 18.1 Å². The summed E-state index contributed by atoms with van der Waals surface area (Å²) in [5, 5.41) is 3.33. The van der Waals surface area contributed by atoms with Crippen molar-refractivity contribution in [2.75, 3.05) is 11.9 Å². The zero-order chi connectivity index (χ0) is 14.7. The Morgan fingerprint density at radius 3 is 2.42 bits per heavy atom. The van der Waals surface area contributed by atoms with Crippen LogP contribution in [0.25, 0.3) is 0 Å². The molecule has 0 radical (unpaired) electrons. The second-order valence-electron chi connectivity index (χ2n) is 4.91. The number of carbonyl (C=O) groups is 1. The molecule has 0 saturated heterocycles. The first kappa shape index (κ1) is 15.9. The zero-order valence-electron chi connectivity index (χ0n) is 10.5. The van der Waals surface area contributed by atoms with E-state index in [1.165, 1.54) is 0 Å². The molecule has 0 fully saturated rings. The summed E-state index contributed by atoms with van der Waals surface area (Å²) in [7, 11) is 0. The van der Waals surface area contributed by atoms with E-state index in [4.69, 9.17) is 0 Å². The van der Waals surface area contributed by atoms with Gasteiger partial charge in [-0.05, 0) is 17.5 Å². The molecule has 0 spiro atoms. The Morgan fingerprint density at radius 1 is 1.37 bits per heavy atom. The van der Waals surface area contributed by atoms with Crippen LogP contribution in [0.3, 0.4) is 0 Å². The standard InChI is InChI=1S/C12H14BrF3N2O/c1-11(2,6-13)7-18-10(19)9-4-3-8(5-17-9)12(14,15)16/h3-5H,6-7H2,1-2H3,(H,18,19). The summed E-state index contributed by atoms with van der Waals surface area (Å²) in [6, 6.07) is 1.91. The van der Waals surface area contributed by atoms with Crippen molar-refractivity contribution in [3.8, 4) is 0 Å². The Bertz CT molecular complexity index is 443. The largest absolute Gasteiger partial charge is 0.417 e. The van der Waals surface area contributed by atoms with Gasteiger partial charge in [-0.3, -0.25) is 9.78 Å². The second-order valence-corrected chi connectivity index (χ2v) is 5.47. The van der Waals surface area contributed by atoms with Crippen molar-refractivity contribution in [2.45, 2.75) is 20.0 Å². The van der Waals surface area contributed by atoms with Crippen LogP contribution in [-0.2, 0) is 6.18 Å². The number of hydrogen-bond acceptors (Lipinski definition) is 2. The van der Waals surface area contributed by atoms with E-state index >= 15 is 0 Å². The average Bonchev–Trinajstić information content (AvgIpc) is 2.35. The lowest BCUT2D eigenvalue weighted by atomic mass is 9.97. The van der Waals surface area contributed by atoms with Gasteiger partial charge < -0.3 is 5.32 Å². The highest BCUT2D eigenvalue weighted by atomic mass is 79.9. The number of halogens is 4. The van der Waals surface area contributed by atoms with Crippen molar-refractivity contribution in [3.05, 3.63) is 29.6 Å². The lowest BCUT2D eigenvalue weighted by Gasteiger charge is -2.21. The highest BCUT2D eigenvalue weighted by Crippen LogP contribution is 2.28. The summed E-state index contributed by atoms with van der Waals surface area (Å²) < 4.78 is 37.0. The van der Waals surface area contributed by atoms with Gasteiger partial charge in [0.1, 0.15) is 5.69 Å². The van der Waals surface area contributed by atoms with Crippen LogP contribution in [0, 0.1) is 5.41 Å². The molecule has 0 saturated carbocycles. The van der Waals surface area contributed by atoms with Crippen molar-refractivity contribution >= 4 is 21.8 Å². The fourth-order valence-electron chi connectivity index (χ4n) is 1.15. The molecule has 1 aromatic rings. The van der Waals surface area contributed by atoms with Gasteiger partial charge >= 0.3 is 6.18 Å². The minimum absolute atomic E-state index is 0.0293. The first-order valence-electron chi connectivity index (χ1n) is 5.53. The molecule has 3 nitrogen and oxygen atoms in total. The first-order valence-corrected chi connectivity index (χ1v) is 6.65. The topological polar surface area (TPSA) is 42.0 Å². The molecule has 7 heteroatoms. The number of aromatic nitrogens is 1. The van der Waals surface area contributed by atoms with E-state index in [0.717, 1.165) is 12.1 Å². The molecule has 0 atom stereocenters.